The van der Waals surface area contributed by atoms with Gasteiger partial charge in [0.1, 0.15) is 11.5 Å². The van der Waals surface area contributed by atoms with Gasteiger partial charge in [0.25, 0.3) is 5.91 Å². The molecule has 6 nitrogen and oxygen atoms in total. The number of nitrogens with one attached hydrogen (secondary N) is 1. The van der Waals surface area contributed by atoms with Gasteiger partial charge in [-0.15, -0.1) is 0 Å². The van der Waals surface area contributed by atoms with E-state index in [1.807, 2.05) is 12.1 Å². The number of esters is 1. The predicted octanol–water partition coefficient (Wildman–Crippen LogP) is 4.45. The van der Waals surface area contributed by atoms with E-state index in [1.165, 1.54) is 25.1 Å². The summed E-state index contributed by atoms with van der Waals surface area (Å²) in [7, 11) is 1.57. The lowest BCUT2D eigenvalue weighted by Crippen LogP contribution is -2.30. The zero-order valence-corrected chi connectivity index (χ0v) is 16.5. The molecule has 1 atom stereocenters. The predicted molar refractivity (Wildman–Crippen MR) is 104 cm³/mol. The maximum atomic E-state index is 12.2. The quantitative estimate of drug-likeness (QED) is 0.598. The molecule has 156 valence electrons. The minimum absolute atomic E-state index is 0.0905. The topological polar surface area (TPSA) is 73.9 Å². The summed E-state index contributed by atoms with van der Waals surface area (Å²) in [5.74, 6) is -0.600. The van der Waals surface area contributed by atoms with Gasteiger partial charge >= 0.3 is 12.6 Å². The molecule has 0 fully saturated rings. The van der Waals surface area contributed by atoms with Crippen molar-refractivity contribution in [1.29, 1.82) is 0 Å². The first-order valence-corrected chi connectivity index (χ1v) is 9.04. The van der Waals surface area contributed by atoms with Crippen LogP contribution in [0.2, 0.25) is 5.02 Å². The van der Waals surface area contributed by atoms with Crippen LogP contribution in [0.3, 0.4) is 0 Å². The summed E-state index contributed by atoms with van der Waals surface area (Å²) in [5.41, 5.74) is 1.18. The Hall–Kier alpha value is -2.87. The van der Waals surface area contributed by atoms with Gasteiger partial charge in [0.2, 0.25) is 0 Å². The van der Waals surface area contributed by atoms with E-state index in [4.69, 9.17) is 21.1 Å². The third kappa shape index (κ3) is 7.23. The molecule has 0 aliphatic heterocycles. The highest BCUT2D eigenvalue weighted by molar-refractivity contribution is 6.32. The Morgan fingerprint density at radius 2 is 1.83 bits per heavy atom. The fraction of sp³-hybridized carbons (Fsp3) is 0.300. The van der Waals surface area contributed by atoms with Crippen molar-refractivity contribution < 1.29 is 32.6 Å². The standard InChI is InChI=1S/C20H20ClF2NO5/c1-12(28-18(25)10-5-13-3-7-15(27-2)8-4-13)19(26)24-14-6-9-17(16(21)11-14)29-20(22)23/h3-4,6-9,11-12,20H,5,10H2,1-2H3,(H,24,26). The van der Waals surface area contributed by atoms with Gasteiger partial charge in [0, 0.05) is 12.1 Å². The van der Waals surface area contributed by atoms with Crippen LogP contribution in [0.25, 0.3) is 0 Å². The van der Waals surface area contributed by atoms with E-state index in [-0.39, 0.29) is 22.9 Å². The lowest BCUT2D eigenvalue weighted by Gasteiger charge is -2.14. The lowest BCUT2D eigenvalue weighted by molar-refractivity contribution is -0.153. The first kappa shape index (κ1) is 22.4. The van der Waals surface area contributed by atoms with E-state index in [0.717, 1.165) is 11.3 Å². The van der Waals surface area contributed by atoms with Crippen molar-refractivity contribution in [2.24, 2.45) is 0 Å². The maximum absolute atomic E-state index is 12.2. The zero-order chi connectivity index (χ0) is 21.4. The molecule has 2 aromatic carbocycles. The molecule has 0 aliphatic carbocycles. The van der Waals surface area contributed by atoms with Gasteiger partial charge in [-0.1, -0.05) is 23.7 Å². The van der Waals surface area contributed by atoms with Crippen molar-refractivity contribution in [2.75, 3.05) is 12.4 Å². The molecule has 2 aromatic rings. The molecule has 0 aliphatic rings. The Morgan fingerprint density at radius 3 is 2.41 bits per heavy atom. The average molecular weight is 428 g/mol. The highest BCUT2D eigenvalue weighted by Gasteiger charge is 2.18. The Labute approximate surface area is 171 Å². The number of alkyl halides is 2. The minimum Gasteiger partial charge on any atom is -0.497 e. The molecule has 9 heteroatoms. The van der Waals surface area contributed by atoms with Crippen molar-refractivity contribution in [2.45, 2.75) is 32.5 Å². The molecule has 0 saturated carbocycles. The molecule has 0 heterocycles. The molecule has 0 bridgehead atoms. The van der Waals surface area contributed by atoms with Crippen LogP contribution >= 0.6 is 11.6 Å². The number of hydrogen-bond donors (Lipinski definition) is 1. The van der Waals surface area contributed by atoms with E-state index >= 15 is 0 Å². The Bertz CT molecular complexity index is 845. The van der Waals surface area contributed by atoms with Gasteiger partial charge in [0.05, 0.1) is 12.1 Å². The molecule has 0 aromatic heterocycles. The Balaban J connectivity index is 1.83. The van der Waals surface area contributed by atoms with E-state index in [0.29, 0.717) is 6.42 Å². The smallest absolute Gasteiger partial charge is 0.387 e. The number of benzene rings is 2. The number of aryl methyl sites for hydroxylation is 1. The van der Waals surface area contributed by atoms with Crippen molar-refractivity contribution in [3.63, 3.8) is 0 Å². The van der Waals surface area contributed by atoms with Crippen molar-refractivity contribution in [1.82, 2.24) is 0 Å². The number of hydrogen-bond acceptors (Lipinski definition) is 5. The molecule has 29 heavy (non-hydrogen) atoms. The van der Waals surface area contributed by atoms with Gasteiger partial charge in [-0.3, -0.25) is 9.59 Å². The van der Waals surface area contributed by atoms with Crippen LogP contribution in [-0.2, 0) is 20.7 Å². The lowest BCUT2D eigenvalue weighted by atomic mass is 10.1. The van der Waals surface area contributed by atoms with Crippen LogP contribution in [-0.4, -0.2) is 31.7 Å². The third-order valence-electron chi connectivity index (χ3n) is 3.87. The summed E-state index contributed by atoms with van der Waals surface area (Å²) in [6.45, 7) is -1.58. The summed E-state index contributed by atoms with van der Waals surface area (Å²) in [6.07, 6.45) is -0.484. The van der Waals surface area contributed by atoms with Crippen LogP contribution in [0.5, 0.6) is 11.5 Å². The highest BCUT2D eigenvalue weighted by atomic mass is 35.5. The number of rotatable bonds is 9. The van der Waals surface area contributed by atoms with Crippen molar-refractivity contribution in [3.8, 4) is 11.5 Å². The second-order valence-electron chi connectivity index (χ2n) is 5.99. The third-order valence-corrected chi connectivity index (χ3v) is 4.17. The monoisotopic (exact) mass is 427 g/mol. The molecular weight excluding hydrogens is 408 g/mol. The number of carbonyl (C=O) groups excluding carboxylic acids is 2. The van der Waals surface area contributed by atoms with Crippen LogP contribution in [0, 0.1) is 0 Å². The maximum Gasteiger partial charge on any atom is 0.387 e. The van der Waals surface area contributed by atoms with Crippen LogP contribution in [0.15, 0.2) is 42.5 Å². The summed E-state index contributed by atoms with van der Waals surface area (Å²) >= 11 is 5.84. The van der Waals surface area contributed by atoms with Gasteiger partial charge < -0.3 is 19.5 Å². The molecule has 2 rings (SSSR count). The van der Waals surface area contributed by atoms with Crippen molar-refractivity contribution in [3.05, 3.63) is 53.1 Å². The number of anilines is 1. The van der Waals surface area contributed by atoms with Crippen LogP contribution in [0.1, 0.15) is 18.9 Å². The highest BCUT2D eigenvalue weighted by Crippen LogP contribution is 2.29. The van der Waals surface area contributed by atoms with Crippen molar-refractivity contribution >= 4 is 29.2 Å². The van der Waals surface area contributed by atoms with E-state index in [9.17, 15) is 18.4 Å². The number of ether oxygens (including phenoxy) is 3. The Kier molecular flexibility index (Phi) is 8.21. The van der Waals surface area contributed by atoms with Gasteiger partial charge in [-0.2, -0.15) is 8.78 Å². The second kappa shape index (κ2) is 10.6. The summed E-state index contributed by atoms with van der Waals surface area (Å²) in [6, 6.07) is 11.1. The van der Waals surface area contributed by atoms with E-state index < -0.39 is 24.6 Å². The van der Waals surface area contributed by atoms with Gasteiger partial charge in [-0.25, -0.2) is 0 Å². The van der Waals surface area contributed by atoms with Crippen LogP contribution in [0.4, 0.5) is 14.5 Å². The number of amides is 1. The molecule has 0 spiro atoms. The summed E-state index contributed by atoms with van der Waals surface area (Å²) < 4.78 is 38.9. The fourth-order valence-electron chi connectivity index (χ4n) is 2.36. The largest absolute Gasteiger partial charge is 0.497 e. The van der Waals surface area contributed by atoms with E-state index in [2.05, 4.69) is 10.1 Å². The minimum atomic E-state index is -3.01. The van der Waals surface area contributed by atoms with E-state index in [1.54, 1.807) is 19.2 Å². The van der Waals surface area contributed by atoms with Crippen LogP contribution < -0.4 is 14.8 Å². The molecule has 0 saturated heterocycles. The molecule has 0 radical (unpaired) electrons. The molecular formula is C20H20ClF2NO5. The van der Waals surface area contributed by atoms with Gasteiger partial charge in [-0.05, 0) is 49.2 Å². The average Bonchev–Trinajstić information content (AvgIpc) is 2.68. The molecule has 1 unspecified atom stereocenters. The summed E-state index contributed by atoms with van der Waals surface area (Å²) in [4.78, 5) is 24.1. The zero-order valence-electron chi connectivity index (χ0n) is 15.8. The van der Waals surface area contributed by atoms with Gasteiger partial charge in [0.15, 0.2) is 6.10 Å². The first-order valence-electron chi connectivity index (χ1n) is 8.66. The molecule has 1 amide bonds. The molecule has 1 N–H and O–H groups in total. The first-order chi connectivity index (χ1) is 13.8. The number of methoxy groups -OCH3 is 1. The number of halogens is 3. The Morgan fingerprint density at radius 1 is 1.14 bits per heavy atom. The fourth-order valence-corrected chi connectivity index (χ4v) is 2.59. The summed E-state index contributed by atoms with van der Waals surface area (Å²) in [5, 5.41) is 2.41. The second-order valence-corrected chi connectivity index (χ2v) is 6.40. The normalized spacial score (nSPS) is 11.7. The SMILES string of the molecule is COc1ccc(CCC(=O)OC(C)C(=O)Nc2ccc(OC(F)F)c(Cl)c2)cc1. The number of carbonyl (C=O) groups is 2.